The fourth-order valence-corrected chi connectivity index (χ4v) is 3.10. The number of benzene rings is 1. The van der Waals surface area contributed by atoms with E-state index in [-0.39, 0.29) is 0 Å². The van der Waals surface area contributed by atoms with Crippen molar-refractivity contribution in [3.05, 3.63) is 29.3 Å². The first kappa shape index (κ1) is 9.26. The molecule has 1 nitrogen and oxygen atoms in total. The highest BCUT2D eigenvalue weighted by Crippen LogP contribution is 2.35. The first-order valence-electron chi connectivity index (χ1n) is 6.20. The SMILES string of the molecule is CC1Cc2cccc(N3CCCC3)c2C1. The molecule has 1 fully saturated rings. The van der Waals surface area contributed by atoms with Gasteiger partial charge in [-0.25, -0.2) is 0 Å². The van der Waals surface area contributed by atoms with Gasteiger partial charge in [-0.05, 0) is 48.8 Å². The van der Waals surface area contributed by atoms with E-state index in [9.17, 15) is 0 Å². The van der Waals surface area contributed by atoms with Crippen LogP contribution in [0.4, 0.5) is 5.69 Å². The molecular formula is C14H19N. The van der Waals surface area contributed by atoms with Gasteiger partial charge in [0.1, 0.15) is 0 Å². The first-order valence-corrected chi connectivity index (χ1v) is 6.20. The molecule has 1 saturated heterocycles. The van der Waals surface area contributed by atoms with Crippen LogP contribution < -0.4 is 4.90 Å². The molecule has 15 heavy (non-hydrogen) atoms. The van der Waals surface area contributed by atoms with E-state index in [2.05, 4.69) is 30.0 Å². The van der Waals surface area contributed by atoms with Crippen LogP contribution in [0, 0.1) is 5.92 Å². The Hall–Kier alpha value is -0.980. The Morgan fingerprint density at radius 1 is 1.13 bits per heavy atom. The van der Waals surface area contributed by atoms with Gasteiger partial charge in [0.25, 0.3) is 0 Å². The molecule has 1 heteroatoms. The molecule has 1 atom stereocenters. The second-order valence-corrected chi connectivity index (χ2v) is 5.12. The predicted octanol–water partition coefficient (Wildman–Crippen LogP) is 3.02. The molecule has 0 N–H and O–H groups in total. The van der Waals surface area contributed by atoms with Crippen molar-refractivity contribution in [2.45, 2.75) is 32.6 Å². The molecule has 1 aromatic rings. The topological polar surface area (TPSA) is 3.24 Å². The summed E-state index contributed by atoms with van der Waals surface area (Å²) < 4.78 is 0. The molecule has 1 aliphatic heterocycles. The molecule has 1 unspecified atom stereocenters. The minimum Gasteiger partial charge on any atom is -0.371 e. The normalized spacial score (nSPS) is 24.6. The minimum absolute atomic E-state index is 0.851. The summed E-state index contributed by atoms with van der Waals surface area (Å²) in [5, 5.41) is 0. The third kappa shape index (κ3) is 1.54. The zero-order valence-corrected chi connectivity index (χ0v) is 9.50. The summed E-state index contributed by atoms with van der Waals surface area (Å²) in [7, 11) is 0. The number of hydrogen-bond acceptors (Lipinski definition) is 1. The van der Waals surface area contributed by atoms with E-state index >= 15 is 0 Å². The molecule has 0 aromatic heterocycles. The summed E-state index contributed by atoms with van der Waals surface area (Å²) in [6, 6.07) is 6.88. The molecule has 1 aromatic carbocycles. The lowest BCUT2D eigenvalue weighted by Crippen LogP contribution is -2.19. The van der Waals surface area contributed by atoms with Gasteiger partial charge in [-0.3, -0.25) is 0 Å². The van der Waals surface area contributed by atoms with Gasteiger partial charge >= 0.3 is 0 Å². The number of nitrogens with zero attached hydrogens (tertiary/aromatic N) is 1. The van der Waals surface area contributed by atoms with Crippen LogP contribution in [0.25, 0.3) is 0 Å². The number of fused-ring (bicyclic) bond motifs is 1. The molecule has 0 saturated carbocycles. The minimum atomic E-state index is 0.851. The van der Waals surface area contributed by atoms with E-state index in [4.69, 9.17) is 0 Å². The van der Waals surface area contributed by atoms with Crippen LogP contribution in [0.15, 0.2) is 18.2 Å². The monoisotopic (exact) mass is 201 g/mol. The summed E-state index contributed by atoms with van der Waals surface area (Å²) in [5.74, 6) is 0.851. The average molecular weight is 201 g/mol. The summed E-state index contributed by atoms with van der Waals surface area (Å²) in [4.78, 5) is 2.58. The Morgan fingerprint density at radius 2 is 1.93 bits per heavy atom. The molecule has 0 amide bonds. The fraction of sp³-hybridized carbons (Fsp3) is 0.571. The van der Waals surface area contributed by atoms with E-state index in [1.54, 1.807) is 11.1 Å². The molecular weight excluding hydrogens is 182 g/mol. The van der Waals surface area contributed by atoms with Crippen molar-refractivity contribution in [1.29, 1.82) is 0 Å². The van der Waals surface area contributed by atoms with Crippen molar-refractivity contribution in [3.8, 4) is 0 Å². The van der Waals surface area contributed by atoms with Gasteiger partial charge in [0.2, 0.25) is 0 Å². The van der Waals surface area contributed by atoms with Crippen LogP contribution in [-0.4, -0.2) is 13.1 Å². The lowest BCUT2D eigenvalue weighted by molar-refractivity contribution is 0.627. The Morgan fingerprint density at radius 3 is 2.73 bits per heavy atom. The van der Waals surface area contributed by atoms with E-state index in [0.29, 0.717) is 0 Å². The van der Waals surface area contributed by atoms with Crippen LogP contribution >= 0.6 is 0 Å². The predicted molar refractivity (Wildman–Crippen MR) is 64.5 cm³/mol. The Balaban J connectivity index is 1.98. The standard InChI is InChI=1S/C14H19N/c1-11-9-12-5-4-6-14(13(12)10-11)15-7-2-3-8-15/h4-6,11H,2-3,7-10H2,1H3. The van der Waals surface area contributed by atoms with E-state index in [0.717, 1.165) is 5.92 Å². The lowest BCUT2D eigenvalue weighted by atomic mass is 10.1. The van der Waals surface area contributed by atoms with Gasteiger partial charge in [-0.15, -0.1) is 0 Å². The average Bonchev–Trinajstić information content (AvgIpc) is 2.82. The molecule has 3 rings (SSSR count). The first-order chi connectivity index (χ1) is 7.34. The molecule has 1 heterocycles. The highest BCUT2D eigenvalue weighted by Gasteiger charge is 2.23. The second-order valence-electron chi connectivity index (χ2n) is 5.12. The van der Waals surface area contributed by atoms with Crippen LogP contribution in [0.5, 0.6) is 0 Å². The molecule has 0 spiro atoms. The van der Waals surface area contributed by atoms with Crippen LogP contribution in [0.3, 0.4) is 0 Å². The van der Waals surface area contributed by atoms with Crippen molar-refractivity contribution in [2.24, 2.45) is 5.92 Å². The van der Waals surface area contributed by atoms with Crippen LogP contribution in [0.1, 0.15) is 30.9 Å². The van der Waals surface area contributed by atoms with Gasteiger partial charge in [0.05, 0.1) is 0 Å². The van der Waals surface area contributed by atoms with Gasteiger partial charge in [-0.2, -0.15) is 0 Å². The smallest absolute Gasteiger partial charge is 0.0401 e. The van der Waals surface area contributed by atoms with Crippen LogP contribution in [-0.2, 0) is 12.8 Å². The molecule has 0 bridgehead atoms. The maximum Gasteiger partial charge on any atom is 0.0401 e. The number of hydrogen-bond donors (Lipinski definition) is 0. The van der Waals surface area contributed by atoms with Crippen LogP contribution in [0.2, 0.25) is 0 Å². The summed E-state index contributed by atoms with van der Waals surface area (Å²) in [5.41, 5.74) is 4.79. The summed E-state index contributed by atoms with van der Waals surface area (Å²) in [6.07, 6.45) is 5.33. The molecule has 1 aliphatic carbocycles. The molecule has 0 radical (unpaired) electrons. The zero-order chi connectivity index (χ0) is 10.3. The largest absolute Gasteiger partial charge is 0.371 e. The number of rotatable bonds is 1. The highest BCUT2D eigenvalue weighted by molar-refractivity contribution is 5.59. The Labute approximate surface area is 92.1 Å². The fourth-order valence-electron chi connectivity index (χ4n) is 3.10. The maximum absolute atomic E-state index is 2.58. The van der Waals surface area contributed by atoms with Gasteiger partial charge in [0.15, 0.2) is 0 Å². The lowest BCUT2D eigenvalue weighted by Gasteiger charge is -2.21. The summed E-state index contributed by atoms with van der Waals surface area (Å²) >= 11 is 0. The van der Waals surface area contributed by atoms with Crippen molar-refractivity contribution in [2.75, 3.05) is 18.0 Å². The van der Waals surface area contributed by atoms with Crippen molar-refractivity contribution < 1.29 is 0 Å². The van der Waals surface area contributed by atoms with Crippen molar-refractivity contribution in [1.82, 2.24) is 0 Å². The van der Waals surface area contributed by atoms with Gasteiger partial charge < -0.3 is 4.90 Å². The van der Waals surface area contributed by atoms with E-state index in [1.807, 2.05) is 0 Å². The summed E-state index contributed by atoms with van der Waals surface area (Å²) in [6.45, 7) is 4.91. The zero-order valence-electron chi connectivity index (χ0n) is 9.50. The Kier molecular flexibility index (Phi) is 2.19. The third-order valence-corrected chi connectivity index (χ3v) is 3.82. The second kappa shape index (κ2) is 3.55. The van der Waals surface area contributed by atoms with Crippen molar-refractivity contribution >= 4 is 5.69 Å². The highest BCUT2D eigenvalue weighted by atomic mass is 15.1. The molecule has 80 valence electrons. The van der Waals surface area contributed by atoms with E-state index in [1.165, 1.54) is 44.5 Å². The van der Waals surface area contributed by atoms with Gasteiger partial charge in [0, 0.05) is 18.8 Å². The van der Waals surface area contributed by atoms with Gasteiger partial charge in [-0.1, -0.05) is 19.1 Å². The maximum atomic E-state index is 2.58. The third-order valence-electron chi connectivity index (χ3n) is 3.82. The van der Waals surface area contributed by atoms with E-state index < -0.39 is 0 Å². The molecule has 2 aliphatic rings. The number of anilines is 1. The Bertz CT molecular complexity index is 364. The quantitative estimate of drug-likeness (QED) is 0.675. The van der Waals surface area contributed by atoms with Crippen molar-refractivity contribution in [3.63, 3.8) is 0 Å².